The highest BCUT2D eigenvalue weighted by Crippen LogP contribution is 2.39. The van der Waals surface area contributed by atoms with Crippen LogP contribution in [-0.4, -0.2) is 49.8 Å². The van der Waals surface area contributed by atoms with E-state index in [9.17, 15) is 5.11 Å². The summed E-state index contributed by atoms with van der Waals surface area (Å²) in [6.45, 7) is 7.40. The van der Waals surface area contributed by atoms with Crippen molar-refractivity contribution in [1.82, 2.24) is 10.2 Å². The second kappa shape index (κ2) is 6.59. The van der Waals surface area contributed by atoms with Gasteiger partial charge in [-0.05, 0) is 46.5 Å². The van der Waals surface area contributed by atoms with Gasteiger partial charge in [0, 0.05) is 32.7 Å². The van der Waals surface area contributed by atoms with Crippen LogP contribution < -0.4 is 10.1 Å². The Morgan fingerprint density at radius 3 is 2.74 bits per heavy atom. The van der Waals surface area contributed by atoms with Gasteiger partial charge in [0.2, 0.25) is 0 Å². The number of hydrogen-bond donors (Lipinski definition) is 2. The number of benzene rings is 1. The number of phenolic OH excluding ortho intramolecular Hbond substituents is 1. The lowest BCUT2D eigenvalue weighted by Crippen LogP contribution is -2.44. The summed E-state index contributed by atoms with van der Waals surface area (Å²) in [5.74, 6) is 0.721. The highest BCUT2D eigenvalue weighted by atomic mass is 79.9. The molecule has 106 valence electrons. The summed E-state index contributed by atoms with van der Waals surface area (Å²) in [5.41, 5.74) is 2.31. The van der Waals surface area contributed by atoms with Crippen LogP contribution in [0.25, 0.3) is 0 Å². The fraction of sp³-hybridized carbons (Fsp3) is 0.571. The number of aromatic hydroxyl groups is 1. The first kappa shape index (κ1) is 14.6. The van der Waals surface area contributed by atoms with E-state index in [2.05, 4.69) is 26.1 Å². The molecule has 0 spiro atoms. The van der Waals surface area contributed by atoms with Gasteiger partial charge in [0.25, 0.3) is 0 Å². The first-order valence-electron chi connectivity index (χ1n) is 6.61. The lowest BCUT2D eigenvalue weighted by atomic mass is 10.0. The van der Waals surface area contributed by atoms with Crippen molar-refractivity contribution < 1.29 is 9.84 Å². The summed E-state index contributed by atoms with van der Waals surface area (Å²) in [7, 11) is 1.58. The van der Waals surface area contributed by atoms with Crippen molar-refractivity contribution in [3.05, 3.63) is 21.7 Å². The van der Waals surface area contributed by atoms with Gasteiger partial charge in [0.15, 0.2) is 11.5 Å². The van der Waals surface area contributed by atoms with Crippen molar-refractivity contribution in [3.8, 4) is 11.5 Å². The van der Waals surface area contributed by atoms with Crippen LogP contribution >= 0.6 is 15.9 Å². The standard InChI is InChI=1S/C14H21BrN2O2/c1-10-9-12(18)14(19-2)13(15)11(10)3-6-17-7-4-16-5-8-17/h9,16,18H,3-8H2,1-2H3. The molecular formula is C14H21BrN2O2. The van der Waals surface area contributed by atoms with Crippen LogP contribution in [0.3, 0.4) is 0 Å². The largest absolute Gasteiger partial charge is 0.504 e. The maximum atomic E-state index is 9.84. The molecular weight excluding hydrogens is 308 g/mol. The summed E-state index contributed by atoms with van der Waals surface area (Å²) in [5, 5.41) is 13.2. The normalized spacial score (nSPS) is 16.6. The summed E-state index contributed by atoms with van der Waals surface area (Å²) >= 11 is 3.55. The van der Waals surface area contributed by atoms with E-state index in [1.165, 1.54) is 5.56 Å². The van der Waals surface area contributed by atoms with Crippen molar-refractivity contribution in [3.63, 3.8) is 0 Å². The average molecular weight is 329 g/mol. The predicted octanol–water partition coefficient (Wildman–Crippen LogP) is 1.92. The number of nitrogens with zero attached hydrogens (tertiary/aromatic N) is 1. The molecule has 19 heavy (non-hydrogen) atoms. The summed E-state index contributed by atoms with van der Waals surface area (Å²) in [6.07, 6.45) is 0.961. The quantitative estimate of drug-likeness (QED) is 0.886. The van der Waals surface area contributed by atoms with Crippen molar-refractivity contribution in [2.75, 3.05) is 39.8 Å². The van der Waals surface area contributed by atoms with Gasteiger partial charge < -0.3 is 20.1 Å². The number of nitrogens with one attached hydrogen (secondary N) is 1. The van der Waals surface area contributed by atoms with Gasteiger partial charge >= 0.3 is 0 Å². The number of methoxy groups -OCH3 is 1. The first-order chi connectivity index (χ1) is 9.13. The first-order valence-corrected chi connectivity index (χ1v) is 7.40. The molecule has 1 saturated heterocycles. The number of aryl methyl sites for hydroxylation is 1. The zero-order chi connectivity index (χ0) is 13.8. The minimum Gasteiger partial charge on any atom is -0.504 e. The van der Waals surface area contributed by atoms with Gasteiger partial charge in [-0.2, -0.15) is 0 Å². The smallest absolute Gasteiger partial charge is 0.174 e. The molecule has 4 nitrogen and oxygen atoms in total. The van der Waals surface area contributed by atoms with Gasteiger partial charge in [0.05, 0.1) is 11.6 Å². The molecule has 2 N–H and O–H groups in total. The summed E-state index contributed by atoms with van der Waals surface area (Å²) in [4.78, 5) is 2.46. The number of hydrogen-bond acceptors (Lipinski definition) is 4. The van der Waals surface area contributed by atoms with Crippen molar-refractivity contribution >= 4 is 15.9 Å². The van der Waals surface area contributed by atoms with Gasteiger partial charge in [0.1, 0.15) is 0 Å². The fourth-order valence-electron chi connectivity index (χ4n) is 2.49. The van der Waals surface area contributed by atoms with Gasteiger partial charge in [-0.3, -0.25) is 0 Å². The second-order valence-electron chi connectivity index (χ2n) is 4.88. The third-order valence-electron chi connectivity index (χ3n) is 3.62. The van der Waals surface area contributed by atoms with E-state index in [0.717, 1.165) is 49.2 Å². The molecule has 0 atom stereocenters. The molecule has 1 aliphatic rings. The van der Waals surface area contributed by atoms with Crippen LogP contribution in [-0.2, 0) is 6.42 Å². The SMILES string of the molecule is COc1c(O)cc(C)c(CCN2CCNCC2)c1Br. The Morgan fingerprint density at radius 1 is 1.42 bits per heavy atom. The molecule has 0 aliphatic carbocycles. The molecule has 1 aromatic carbocycles. The highest BCUT2D eigenvalue weighted by molar-refractivity contribution is 9.10. The van der Waals surface area contributed by atoms with Crippen molar-refractivity contribution in [2.45, 2.75) is 13.3 Å². The van der Waals surface area contributed by atoms with E-state index < -0.39 is 0 Å². The molecule has 0 bridgehead atoms. The van der Waals surface area contributed by atoms with Crippen molar-refractivity contribution in [1.29, 1.82) is 0 Å². The molecule has 0 amide bonds. The molecule has 0 radical (unpaired) electrons. The van der Waals surface area contributed by atoms with Crippen LogP contribution in [0.2, 0.25) is 0 Å². The molecule has 1 aromatic rings. The minimum absolute atomic E-state index is 0.192. The Labute approximate surface area is 122 Å². The van der Waals surface area contributed by atoms with Crippen LogP contribution in [0.4, 0.5) is 0 Å². The lowest BCUT2D eigenvalue weighted by Gasteiger charge is -2.27. The second-order valence-corrected chi connectivity index (χ2v) is 5.67. The number of rotatable bonds is 4. The maximum Gasteiger partial charge on any atom is 0.174 e. The molecule has 0 unspecified atom stereocenters. The lowest BCUT2D eigenvalue weighted by molar-refractivity contribution is 0.243. The Balaban J connectivity index is 2.10. The number of phenols is 1. The van der Waals surface area contributed by atoms with E-state index in [4.69, 9.17) is 4.74 Å². The monoisotopic (exact) mass is 328 g/mol. The number of halogens is 1. The summed E-state index contributed by atoms with van der Waals surface area (Å²) in [6, 6.07) is 1.77. The molecule has 1 heterocycles. The summed E-state index contributed by atoms with van der Waals surface area (Å²) < 4.78 is 6.12. The number of piperazine rings is 1. The van der Waals surface area contributed by atoms with Crippen LogP contribution in [0.5, 0.6) is 11.5 Å². The van der Waals surface area contributed by atoms with Crippen molar-refractivity contribution in [2.24, 2.45) is 0 Å². The van der Waals surface area contributed by atoms with E-state index >= 15 is 0 Å². The Hall–Kier alpha value is -0.780. The Kier molecular flexibility index (Phi) is 5.07. The van der Waals surface area contributed by atoms with E-state index in [1.807, 2.05) is 6.92 Å². The van der Waals surface area contributed by atoms with E-state index in [0.29, 0.717) is 5.75 Å². The van der Waals surface area contributed by atoms with Gasteiger partial charge in [-0.1, -0.05) is 0 Å². The Morgan fingerprint density at radius 2 is 2.11 bits per heavy atom. The molecule has 1 aliphatic heterocycles. The van der Waals surface area contributed by atoms with Crippen LogP contribution in [0.15, 0.2) is 10.5 Å². The molecule has 0 aromatic heterocycles. The van der Waals surface area contributed by atoms with Gasteiger partial charge in [-0.15, -0.1) is 0 Å². The minimum atomic E-state index is 0.192. The Bertz CT molecular complexity index is 446. The van der Waals surface area contributed by atoms with E-state index in [1.54, 1.807) is 13.2 Å². The third kappa shape index (κ3) is 3.41. The molecule has 2 rings (SSSR count). The van der Waals surface area contributed by atoms with Gasteiger partial charge in [-0.25, -0.2) is 0 Å². The third-order valence-corrected chi connectivity index (χ3v) is 4.46. The van der Waals surface area contributed by atoms with Crippen LogP contribution in [0.1, 0.15) is 11.1 Å². The molecule has 1 fully saturated rings. The molecule has 5 heteroatoms. The maximum absolute atomic E-state index is 9.84. The zero-order valence-electron chi connectivity index (χ0n) is 11.5. The number of ether oxygens (including phenoxy) is 1. The van der Waals surface area contributed by atoms with E-state index in [-0.39, 0.29) is 5.75 Å². The predicted molar refractivity (Wildman–Crippen MR) is 80.1 cm³/mol. The molecule has 0 saturated carbocycles. The topological polar surface area (TPSA) is 44.7 Å². The fourth-order valence-corrected chi connectivity index (χ4v) is 3.36. The van der Waals surface area contributed by atoms with Crippen LogP contribution in [0, 0.1) is 6.92 Å². The highest BCUT2D eigenvalue weighted by Gasteiger charge is 2.16. The zero-order valence-corrected chi connectivity index (χ0v) is 13.1. The average Bonchev–Trinajstić information content (AvgIpc) is 2.39.